The fraction of sp³-hybridized carbons (Fsp3) is 0.250. The van der Waals surface area contributed by atoms with E-state index in [1.54, 1.807) is 6.92 Å². The molecule has 0 aliphatic rings. The van der Waals surface area contributed by atoms with Crippen LogP contribution in [0.4, 0.5) is 0 Å². The van der Waals surface area contributed by atoms with Gasteiger partial charge in [-0.15, -0.1) is 11.3 Å². The molecule has 108 valence electrons. The predicted molar refractivity (Wildman–Crippen MR) is 84.5 cm³/mol. The molecule has 0 unspecified atom stereocenters. The molecule has 0 amide bonds. The number of hydrogen-bond donors (Lipinski definition) is 0. The topological polar surface area (TPSA) is 50.3 Å². The van der Waals surface area contributed by atoms with Gasteiger partial charge in [0.05, 0.1) is 0 Å². The Bertz CT molecular complexity index is 689. The first-order valence-corrected chi connectivity index (χ1v) is 9.27. The molecular weight excluding hydrogens is 384 g/mol. The highest BCUT2D eigenvalue weighted by molar-refractivity contribution is 9.10. The molecule has 0 saturated carbocycles. The average Bonchev–Trinajstić information content (AvgIpc) is 2.91. The van der Waals surface area contributed by atoms with Crippen molar-refractivity contribution in [2.75, 3.05) is 6.54 Å². The van der Waals surface area contributed by atoms with E-state index in [9.17, 15) is 8.42 Å². The maximum absolute atomic E-state index is 12.6. The van der Waals surface area contributed by atoms with Crippen molar-refractivity contribution in [1.29, 1.82) is 0 Å². The van der Waals surface area contributed by atoms with Crippen LogP contribution in [-0.2, 0) is 16.6 Å². The molecular formula is C12H12BrClN2O2S2. The van der Waals surface area contributed by atoms with Gasteiger partial charge in [-0.25, -0.2) is 13.4 Å². The lowest BCUT2D eigenvalue weighted by Crippen LogP contribution is -2.30. The van der Waals surface area contributed by atoms with Crippen LogP contribution < -0.4 is 0 Å². The van der Waals surface area contributed by atoms with Crippen LogP contribution in [0.5, 0.6) is 0 Å². The second-order valence-corrected chi connectivity index (χ2v) is 8.17. The van der Waals surface area contributed by atoms with Crippen LogP contribution in [0.2, 0.25) is 5.15 Å². The van der Waals surface area contributed by atoms with Crippen molar-refractivity contribution >= 4 is 48.9 Å². The minimum Gasteiger partial charge on any atom is -0.242 e. The second-order valence-electron chi connectivity index (χ2n) is 3.95. The van der Waals surface area contributed by atoms with Gasteiger partial charge in [-0.3, -0.25) is 0 Å². The van der Waals surface area contributed by atoms with Crippen molar-refractivity contribution in [3.05, 3.63) is 44.3 Å². The van der Waals surface area contributed by atoms with Crippen LogP contribution in [0.3, 0.4) is 0 Å². The Balaban J connectivity index is 2.38. The summed E-state index contributed by atoms with van der Waals surface area (Å²) in [6, 6.07) is 5.28. The van der Waals surface area contributed by atoms with Crippen molar-refractivity contribution in [1.82, 2.24) is 9.29 Å². The summed E-state index contributed by atoms with van der Waals surface area (Å²) in [5, 5.41) is 1.90. The molecule has 4 nitrogen and oxygen atoms in total. The standard InChI is InChI=1S/C12H12BrClN2O2S2/c1-2-16(8-10-4-3-5-19-10)20(17,18)11-6-9(13)7-15-12(11)14/h3-7H,2,8H2,1H3. The van der Waals surface area contributed by atoms with Gasteiger partial charge < -0.3 is 0 Å². The highest BCUT2D eigenvalue weighted by Crippen LogP contribution is 2.27. The Morgan fingerprint density at radius 3 is 2.85 bits per heavy atom. The van der Waals surface area contributed by atoms with Gasteiger partial charge in [-0.1, -0.05) is 24.6 Å². The zero-order valence-corrected chi connectivity index (χ0v) is 14.6. The van der Waals surface area contributed by atoms with E-state index in [2.05, 4.69) is 20.9 Å². The van der Waals surface area contributed by atoms with Crippen LogP contribution >= 0.6 is 38.9 Å². The molecule has 20 heavy (non-hydrogen) atoms. The number of hydrogen-bond acceptors (Lipinski definition) is 4. The minimum absolute atomic E-state index is 0.0159. The molecule has 2 aromatic rings. The molecule has 0 saturated heterocycles. The normalized spacial score (nSPS) is 12.0. The molecule has 0 N–H and O–H groups in total. The summed E-state index contributed by atoms with van der Waals surface area (Å²) in [4.78, 5) is 4.88. The summed E-state index contributed by atoms with van der Waals surface area (Å²) in [5.74, 6) is 0. The van der Waals surface area contributed by atoms with E-state index < -0.39 is 10.0 Å². The van der Waals surface area contributed by atoms with E-state index in [4.69, 9.17) is 11.6 Å². The average molecular weight is 396 g/mol. The van der Waals surface area contributed by atoms with Gasteiger partial charge in [0.2, 0.25) is 10.0 Å². The first-order valence-electron chi connectivity index (χ1n) is 5.78. The molecule has 8 heteroatoms. The van der Waals surface area contributed by atoms with E-state index in [-0.39, 0.29) is 10.0 Å². The summed E-state index contributed by atoms with van der Waals surface area (Å²) in [5.41, 5.74) is 0. The third-order valence-electron chi connectivity index (χ3n) is 2.66. The Morgan fingerprint density at radius 2 is 2.25 bits per heavy atom. The number of nitrogens with zero attached hydrogens (tertiary/aromatic N) is 2. The van der Waals surface area contributed by atoms with Crippen LogP contribution in [0, 0.1) is 0 Å². The van der Waals surface area contributed by atoms with Crippen molar-refractivity contribution in [3.63, 3.8) is 0 Å². The fourth-order valence-electron chi connectivity index (χ4n) is 1.67. The number of aromatic nitrogens is 1. The maximum Gasteiger partial charge on any atom is 0.246 e. The molecule has 0 aliphatic carbocycles. The van der Waals surface area contributed by atoms with Crippen molar-refractivity contribution in [3.8, 4) is 0 Å². The zero-order chi connectivity index (χ0) is 14.8. The molecule has 0 atom stereocenters. The van der Waals surface area contributed by atoms with Gasteiger partial charge in [-0.05, 0) is 33.4 Å². The molecule has 0 aliphatic heterocycles. The molecule has 2 aromatic heterocycles. The molecule has 0 radical (unpaired) electrons. The van der Waals surface area contributed by atoms with Crippen LogP contribution in [0.25, 0.3) is 0 Å². The SMILES string of the molecule is CCN(Cc1cccs1)S(=O)(=O)c1cc(Br)cnc1Cl. The maximum atomic E-state index is 12.6. The largest absolute Gasteiger partial charge is 0.246 e. The Labute approximate surface area is 135 Å². The van der Waals surface area contributed by atoms with Crippen LogP contribution in [0.1, 0.15) is 11.8 Å². The molecule has 0 bridgehead atoms. The monoisotopic (exact) mass is 394 g/mol. The van der Waals surface area contributed by atoms with Gasteiger partial charge in [0.15, 0.2) is 0 Å². The fourth-order valence-corrected chi connectivity index (χ4v) is 4.82. The number of pyridine rings is 1. The highest BCUT2D eigenvalue weighted by Gasteiger charge is 2.27. The molecule has 0 fully saturated rings. The number of thiophene rings is 1. The minimum atomic E-state index is -3.66. The molecule has 0 aromatic carbocycles. The molecule has 2 heterocycles. The highest BCUT2D eigenvalue weighted by atomic mass is 79.9. The van der Waals surface area contributed by atoms with Gasteiger partial charge in [0.25, 0.3) is 0 Å². The third-order valence-corrected chi connectivity index (χ3v) is 6.30. The lowest BCUT2D eigenvalue weighted by atomic mass is 10.4. The van der Waals surface area contributed by atoms with Crippen LogP contribution in [-0.4, -0.2) is 24.3 Å². The number of rotatable bonds is 5. The van der Waals surface area contributed by atoms with E-state index in [0.29, 0.717) is 17.6 Å². The van der Waals surface area contributed by atoms with Crippen molar-refractivity contribution in [2.45, 2.75) is 18.4 Å². The predicted octanol–water partition coefficient (Wildman–Crippen LogP) is 3.77. The van der Waals surface area contributed by atoms with Gasteiger partial charge in [0, 0.05) is 28.6 Å². The second kappa shape index (κ2) is 6.53. The van der Waals surface area contributed by atoms with Gasteiger partial charge >= 0.3 is 0 Å². The third kappa shape index (κ3) is 3.40. The van der Waals surface area contributed by atoms with E-state index in [1.165, 1.54) is 27.9 Å². The van der Waals surface area contributed by atoms with Crippen molar-refractivity contribution < 1.29 is 8.42 Å². The van der Waals surface area contributed by atoms with Crippen LogP contribution in [0.15, 0.2) is 39.1 Å². The van der Waals surface area contributed by atoms with Gasteiger partial charge in [-0.2, -0.15) is 4.31 Å². The van der Waals surface area contributed by atoms with Crippen molar-refractivity contribution in [2.24, 2.45) is 0 Å². The Kier molecular flexibility index (Phi) is 5.19. The summed E-state index contributed by atoms with van der Waals surface area (Å²) in [7, 11) is -3.66. The zero-order valence-electron chi connectivity index (χ0n) is 10.6. The summed E-state index contributed by atoms with van der Waals surface area (Å²) in [6.07, 6.45) is 1.47. The summed E-state index contributed by atoms with van der Waals surface area (Å²) < 4.78 is 27.3. The summed E-state index contributed by atoms with van der Waals surface area (Å²) in [6.45, 7) is 2.49. The first kappa shape index (κ1) is 15.9. The molecule has 0 spiro atoms. The Hall–Kier alpha value is -0.470. The summed E-state index contributed by atoms with van der Waals surface area (Å²) >= 11 is 10.7. The van der Waals surface area contributed by atoms with E-state index in [0.717, 1.165) is 4.88 Å². The van der Waals surface area contributed by atoms with E-state index >= 15 is 0 Å². The van der Waals surface area contributed by atoms with E-state index in [1.807, 2.05) is 17.5 Å². The Morgan fingerprint density at radius 1 is 1.50 bits per heavy atom. The number of halogens is 2. The first-order chi connectivity index (χ1) is 9.45. The smallest absolute Gasteiger partial charge is 0.242 e. The lowest BCUT2D eigenvalue weighted by molar-refractivity contribution is 0.426. The number of sulfonamides is 1. The lowest BCUT2D eigenvalue weighted by Gasteiger charge is -2.20. The molecule has 2 rings (SSSR count). The quantitative estimate of drug-likeness (QED) is 0.724. The van der Waals surface area contributed by atoms with Gasteiger partial charge in [0.1, 0.15) is 10.0 Å².